The van der Waals surface area contributed by atoms with Crippen molar-refractivity contribution in [3.05, 3.63) is 46.9 Å². The third kappa shape index (κ3) is 3.54. The standard InChI is InChI=1S/C13H14FN3S/c1-8(10-4-3-5-11(14)6-10)17-9(2)12(7-15)13(16)18/h3-6,8,17H,1-2H3,(H2,16,18). The van der Waals surface area contributed by atoms with Gasteiger partial charge in [-0.1, -0.05) is 24.4 Å². The number of nitrogens with one attached hydrogen (secondary N) is 1. The van der Waals surface area contributed by atoms with Crippen molar-refractivity contribution in [3.63, 3.8) is 0 Å². The van der Waals surface area contributed by atoms with Gasteiger partial charge in [-0.25, -0.2) is 4.39 Å². The average molecular weight is 263 g/mol. The molecule has 18 heavy (non-hydrogen) atoms. The topological polar surface area (TPSA) is 61.8 Å². The molecule has 0 amide bonds. The first-order valence-electron chi connectivity index (χ1n) is 5.38. The Hall–Kier alpha value is -1.93. The van der Waals surface area contributed by atoms with Crippen molar-refractivity contribution >= 4 is 17.2 Å². The highest BCUT2D eigenvalue weighted by molar-refractivity contribution is 7.80. The predicted molar refractivity (Wildman–Crippen MR) is 73.0 cm³/mol. The minimum Gasteiger partial charge on any atom is -0.389 e. The van der Waals surface area contributed by atoms with Crippen LogP contribution >= 0.6 is 12.2 Å². The first kappa shape index (κ1) is 14.1. The third-order valence-electron chi connectivity index (χ3n) is 2.51. The van der Waals surface area contributed by atoms with Crippen LogP contribution in [0.5, 0.6) is 0 Å². The number of rotatable bonds is 4. The number of nitrogens with zero attached hydrogens (tertiary/aromatic N) is 1. The first-order valence-corrected chi connectivity index (χ1v) is 5.79. The van der Waals surface area contributed by atoms with Gasteiger partial charge in [0.1, 0.15) is 22.4 Å². The van der Waals surface area contributed by atoms with Crippen LogP contribution in [0.15, 0.2) is 35.5 Å². The molecule has 0 aliphatic rings. The summed E-state index contributed by atoms with van der Waals surface area (Å²) in [6.45, 7) is 3.58. The van der Waals surface area contributed by atoms with Gasteiger partial charge in [0, 0.05) is 11.7 Å². The van der Waals surface area contributed by atoms with E-state index in [1.807, 2.05) is 13.0 Å². The van der Waals surface area contributed by atoms with Crippen molar-refractivity contribution in [2.75, 3.05) is 0 Å². The zero-order valence-corrected chi connectivity index (χ0v) is 11.0. The highest BCUT2D eigenvalue weighted by atomic mass is 32.1. The fourth-order valence-electron chi connectivity index (χ4n) is 1.58. The summed E-state index contributed by atoms with van der Waals surface area (Å²) in [6.07, 6.45) is 0. The van der Waals surface area contributed by atoms with Crippen molar-refractivity contribution in [1.82, 2.24) is 5.32 Å². The number of nitriles is 1. The molecule has 1 unspecified atom stereocenters. The maximum atomic E-state index is 13.1. The van der Waals surface area contributed by atoms with E-state index < -0.39 is 0 Å². The molecular formula is C13H14FN3S. The molecule has 3 N–H and O–H groups in total. The molecule has 1 aromatic rings. The number of thiocarbonyl (C=S) groups is 1. The lowest BCUT2D eigenvalue weighted by Gasteiger charge is -2.17. The van der Waals surface area contributed by atoms with Gasteiger partial charge < -0.3 is 11.1 Å². The molecule has 1 atom stereocenters. The Bertz CT molecular complexity index is 531. The molecule has 0 aliphatic heterocycles. The summed E-state index contributed by atoms with van der Waals surface area (Å²) in [5, 5.41) is 12.0. The van der Waals surface area contributed by atoms with Crippen molar-refractivity contribution < 1.29 is 4.39 Å². The molecule has 0 saturated heterocycles. The fourth-order valence-corrected chi connectivity index (χ4v) is 1.78. The van der Waals surface area contributed by atoms with Gasteiger partial charge >= 0.3 is 0 Å². The summed E-state index contributed by atoms with van der Waals surface area (Å²) in [6, 6.07) is 8.08. The molecule has 0 aliphatic carbocycles. The summed E-state index contributed by atoms with van der Waals surface area (Å²) in [5.74, 6) is -0.294. The molecule has 94 valence electrons. The average Bonchev–Trinajstić information content (AvgIpc) is 2.29. The number of halogens is 1. The summed E-state index contributed by atoms with van der Waals surface area (Å²) in [4.78, 5) is 0.0499. The second kappa shape index (κ2) is 6.12. The number of nitrogens with two attached hydrogens (primary N) is 1. The Balaban J connectivity index is 2.92. The van der Waals surface area contributed by atoms with Gasteiger partial charge in [-0.15, -0.1) is 0 Å². The molecule has 5 heteroatoms. The fraction of sp³-hybridized carbons (Fsp3) is 0.231. The van der Waals surface area contributed by atoms with Crippen molar-refractivity contribution in [3.8, 4) is 6.07 Å². The molecule has 3 nitrogen and oxygen atoms in total. The van der Waals surface area contributed by atoms with Gasteiger partial charge in [0.05, 0.1) is 0 Å². The van der Waals surface area contributed by atoms with Crippen LogP contribution in [0.4, 0.5) is 4.39 Å². The Morgan fingerprint density at radius 3 is 2.72 bits per heavy atom. The molecule has 1 aromatic carbocycles. The van der Waals surface area contributed by atoms with Crippen LogP contribution in [-0.2, 0) is 0 Å². The number of allylic oxidation sites excluding steroid dienone is 1. The Kier molecular flexibility index (Phi) is 4.81. The third-order valence-corrected chi connectivity index (χ3v) is 2.72. The van der Waals surface area contributed by atoms with Crippen molar-refractivity contribution in [1.29, 1.82) is 5.26 Å². The monoisotopic (exact) mass is 263 g/mol. The Morgan fingerprint density at radius 1 is 1.56 bits per heavy atom. The van der Waals surface area contributed by atoms with Crippen LogP contribution in [0.3, 0.4) is 0 Å². The molecule has 0 radical (unpaired) electrons. The van der Waals surface area contributed by atoms with Crippen LogP contribution in [0.25, 0.3) is 0 Å². The van der Waals surface area contributed by atoms with E-state index in [-0.39, 0.29) is 22.4 Å². The molecule has 0 saturated carbocycles. The van der Waals surface area contributed by atoms with E-state index in [1.54, 1.807) is 19.1 Å². The van der Waals surface area contributed by atoms with Crippen molar-refractivity contribution in [2.24, 2.45) is 5.73 Å². The summed E-state index contributed by atoms with van der Waals surface area (Å²) < 4.78 is 13.1. The normalized spacial score (nSPS) is 13.2. The van der Waals surface area contributed by atoms with Gasteiger partial charge in [0.2, 0.25) is 0 Å². The maximum Gasteiger partial charge on any atom is 0.123 e. The molecule has 1 rings (SSSR count). The van der Waals surface area contributed by atoms with Gasteiger partial charge in [-0.05, 0) is 31.5 Å². The molecule has 0 aromatic heterocycles. The molecule has 0 heterocycles. The molecule has 0 bridgehead atoms. The largest absolute Gasteiger partial charge is 0.389 e. The van der Waals surface area contributed by atoms with E-state index in [4.69, 9.17) is 23.2 Å². The van der Waals surface area contributed by atoms with Gasteiger partial charge in [0.15, 0.2) is 0 Å². The van der Waals surface area contributed by atoms with E-state index >= 15 is 0 Å². The zero-order chi connectivity index (χ0) is 13.7. The number of hydrogen-bond acceptors (Lipinski definition) is 3. The highest BCUT2D eigenvalue weighted by Crippen LogP contribution is 2.15. The van der Waals surface area contributed by atoms with Crippen molar-refractivity contribution in [2.45, 2.75) is 19.9 Å². The summed E-state index contributed by atoms with van der Waals surface area (Å²) >= 11 is 4.78. The van der Waals surface area contributed by atoms with Crippen LogP contribution in [-0.4, -0.2) is 4.99 Å². The minimum atomic E-state index is -0.294. The highest BCUT2D eigenvalue weighted by Gasteiger charge is 2.10. The quantitative estimate of drug-likeness (QED) is 0.498. The number of hydrogen-bond donors (Lipinski definition) is 2. The van der Waals surface area contributed by atoms with Crippen LogP contribution in [0.2, 0.25) is 0 Å². The zero-order valence-electron chi connectivity index (χ0n) is 10.2. The summed E-state index contributed by atoms with van der Waals surface area (Å²) in [5.41, 5.74) is 7.05. The Morgan fingerprint density at radius 2 is 2.22 bits per heavy atom. The smallest absolute Gasteiger partial charge is 0.123 e. The lowest BCUT2D eigenvalue weighted by atomic mass is 10.1. The van der Waals surface area contributed by atoms with E-state index in [1.165, 1.54) is 12.1 Å². The van der Waals surface area contributed by atoms with Gasteiger partial charge in [-0.2, -0.15) is 5.26 Å². The second-order valence-electron chi connectivity index (χ2n) is 3.90. The van der Waals surface area contributed by atoms with Crippen LogP contribution < -0.4 is 11.1 Å². The minimum absolute atomic E-state index is 0.0499. The lowest BCUT2D eigenvalue weighted by Crippen LogP contribution is -2.22. The number of benzene rings is 1. The summed E-state index contributed by atoms with van der Waals surface area (Å²) in [7, 11) is 0. The lowest BCUT2D eigenvalue weighted by molar-refractivity contribution is 0.609. The van der Waals surface area contributed by atoms with Crippen LogP contribution in [0, 0.1) is 17.1 Å². The predicted octanol–water partition coefficient (Wildman–Crippen LogP) is 2.56. The SMILES string of the molecule is CC(NC(C)c1cccc(F)c1)=C(C#N)C(N)=S. The molecule has 0 spiro atoms. The Labute approximate surface area is 111 Å². The van der Waals surface area contributed by atoms with Gasteiger partial charge in [-0.3, -0.25) is 0 Å². The molecule has 0 fully saturated rings. The van der Waals surface area contributed by atoms with E-state index in [9.17, 15) is 4.39 Å². The van der Waals surface area contributed by atoms with Gasteiger partial charge in [0.25, 0.3) is 0 Å². The second-order valence-corrected chi connectivity index (χ2v) is 4.34. The van der Waals surface area contributed by atoms with E-state index in [0.717, 1.165) is 5.56 Å². The molecular weight excluding hydrogens is 249 g/mol. The van der Waals surface area contributed by atoms with E-state index in [0.29, 0.717) is 5.70 Å². The maximum absolute atomic E-state index is 13.1. The van der Waals surface area contributed by atoms with Crippen LogP contribution in [0.1, 0.15) is 25.5 Å². The first-order chi connectivity index (χ1) is 8.45. The van der Waals surface area contributed by atoms with E-state index in [2.05, 4.69) is 5.32 Å².